The summed E-state index contributed by atoms with van der Waals surface area (Å²) in [6, 6.07) is 5.56. The SMILES string of the molecule is COc1ccc2c(c1)nc(N)n2CC(=O)NC(C)C. The van der Waals surface area contributed by atoms with Crippen LogP contribution in [0.5, 0.6) is 5.75 Å². The summed E-state index contributed by atoms with van der Waals surface area (Å²) in [6.07, 6.45) is 0. The minimum Gasteiger partial charge on any atom is -0.497 e. The van der Waals surface area contributed by atoms with Gasteiger partial charge in [-0.05, 0) is 26.0 Å². The zero-order valence-electron chi connectivity index (χ0n) is 11.3. The Bertz CT molecular complexity index is 604. The normalized spacial score (nSPS) is 10.9. The van der Waals surface area contributed by atoms with Crippen LogP contribution in [0.4, 0.5) is 5.95 Å². The van der Waals surface area contributed by atoms with Gasteiger partial charge in [-0.3, -0.25) is 4.79 Å². The molecule has 0 aliphatic heterocycles. The van der Waals surface area contributed by atoms with E-state index in [1.165, 1.54) is 0 Å². The number of nitrogen functional groups attached to an aromatic ring is 1. The summed E-state index contributed by atoms with van der Waals surface area (Å²) in [6.45, 7) is 3.99. The Morgan fingerprint density at radius 1 is 1.53 bits per heavy atom. The fourth-order valence-corrected chi connectivity index (χ4v) is 1.93. The van der Waals surface area contributed by atoms with Gasteiger partial charge in [-0.1, -0.05) is 0 Å². The highest BCUT2D eigenvalue weighted by atomic mass is 16.5. The maximum absolute atomic E-state index is 11.8. The molecular weight excluding hydrogens is 244 g/mol. The number of carbonyl (C=O) groups is 1. The van der Waals surface area contributed by atoms with Crippen molar-refractivity contribution in [3.05, 3.63) is 18.2 Å². The van der Waals surface area contributed by atoms with Crippen molar-refractivity contribution in [2.45, 2.75) is 26.4 Å². The van der Waals surface area contributed by atoms with Crippen molar-refractivity contribution >= 4 is 22.9 Å². The number of methoxy groups -OCH3 is 1. The van der Waals surface area contributed by atoms with Gasteiger partial charge >= 0.3 is 0 Å². The van der Waals surface area contributed by atoms with Crippen molar-refractivity contribution in [3.63, 3.8) is 0 Å². The molecule has 0 aliphatic carbocycles. The molecule has 2 rings (SSSR count). The van der Waals surface area contributed by atoms with Crippen molar-refractivity contribution in [2.75, 3.05) is 12.8 Å². The van der Waals surface area contributed by atoms with E-state index in [1.807, 2.05) is 26.0 Å². The molecular formula is C13H18N4O2. The Kier molecular flexibility index (Phi) is 3.59. The molecule has 3 N–H and O–H groups in total. The lowest BCUT2D eigenvalue weighted by Gasteiger charge is -2.10. The third-order valence-electron chi connectivity index (χ3n) is 2.74. The summed E-state index contributed by atoms with van der Waals surface area (Å²) >= 11 is 0. The number of anilines is 1. The second-order valence-corrected chi connectivity index (χ2v) is 4.63. The number of aromatic nitrogens is 2. The first kappa shape index (κ1) is 13.2. The molecule has 0 fully saturated rings. The Morgan fingerprint density at radius 2 is 2.26 bits per heavy atom. The molecule has 0 bridgehead atoms. The van der Waals surface area contributed by atoms with Crippen LogP contribution in [0.1, 0.15) is 13.8 Å². The molecule has 1 heterocycles. The molecule has 1 aromatic carbocycles. The Labute approximate surface area is 111 Å². The van der Waals surface area contributed by atoms with Crippen LogP contribution in [-0.4, -0.2) is 28.6 Å². The number of benzene rings is 1. The van der Waals surface area contributed by atoms with Gasteiger partial charge in [0, 0.05) is 12.1 Å². The molecule has 6 heteroatoms. The number of hydrogen-bond acceptors (Lipinski definition) is 4. The van der Waals surface area contributed by atoms with E-state index in [1.54, 1.807) is 17.7 Å². The standard InChI is InChI=1S/C13H18N4O2/c1-8(2)15-12(18)7-17-11-5-4-9(19-3)6-10(11)16-13(17)14/h4-6,8H,7H2,1-3H3,(H2,14,16)(H,15,18). The van der Waals surface area contributed by atoms with E-state index >= 15 is 0 Å². The van der Waals surface area contributed by atoms with Gasteiger partial charge in [0.15, 0.2) is 0 Å². The molecule has 6 nitrogen and oxygen atoms in total. The number of ether oxygens (including phenoxy) is 1. The van der Waals surface area contributed by atoms with Crippen LogP contribution < -0.4 is 15.8 Å². The Morgan fingerprint density at radius 3 is 2.89 bits per heavy atom. The van der Waals surface area contributed by atoms with E-state index < -0.39 is 0 Å². The van der Waals surface area contributed by atoms with E-state index in [0.717, 1.165) is 5.52 Å². The van der Waals surface area contributed by atoms with Crippen LogP contribution in [-0.2, 0) is 11.3 Å². The van der Waals surface area contributed by atoms with Gasteiger partial charge in [0.25, 0.3) is 0 Å². The smallest absolute Gasteiger partial charge is 0.240 e. The van der Waals surface area contributed by atoms with Crippen LogP contribution in [0.25, 0.3) is 11.0 Å². The third kappa shape index (κ3) is 2.78. The van der Waals surface area contributed by atoms with Crippen molar-refractivity contribution < 1.29 is 9.53 Å². The number of amides is 1. The van der Waals surface area contributed by atoms with Gasteiger partial charge in [-0.15, -0.1) is 0 Å². The Hall–Kier alpha value is -2.24. The summed E-state index contributed by atoms with van der Waals surface area (Å²) in [7, 11) is 1.59. The quantitative estimate of drug-likeness (QED) is 0.866. The summed E-state index contributed by atoms with van der Waals surface area (Å²) in [5.74, 6) is 0.947. The molecule has 1 amide bonds. The lowest BCUT2D eigenvalue weighted by Crippen LogP contribution is -2.33. The molecule has 0 atom stereocenters. The second-order valence-electron chi connectivity index (χ2n) is 4.63. The second kappa shape index (κ2) is 5.17. The van der Waals surface area contributed by atoms with Crippen molar-refractivity contribution in [2.24, 2.45) is 0 Å². The molecule has 1 aromatic heterocycles. The van der Waals surface area contributed by atoms with Crippen molar-refractivity contribution in [1.29, 1.82) is 0 Å². The number of fused-ring (bicyclic) bond motifs is 1. The molecule has 102 valence electrons. The van der Waals surface area contributed by atoms with Crippen molar-refractivity contribution in [1.82, 2.24) is 14.9 Å². The minimum atomic E-state index is -0.0863. The molecule has 0 spiro atoms. The van der Waals surface area contributed by atoms with Crippen LogP contribution in [0, 0.1) is 0 Å². The van der Waals surface area contributed by atoms with Gasteiger partial charge in [0.2, 0.25) is 11.9 Å². The first-order chi connectivity index (χ1) is 9.01. The van der Waals surface area contributed by atoms with Crippen LogP contribution in [0.3, 0.4) is 0 Å². The van der Waals surface area contributed by atoms with Gasteiger partial charge in [-0.25, -0.2) is 4.98 Å². The molecule has 2 aromatic rings. The number of rotatable bonds is 4. The van der Waals surface area contributed by atoms with Gasteiger partial charge < -0.3 is 20.4 Å². The van der Waals surface area contributed by atoms with E-state index in [2.05, 4.69) is 10.3 Å². The Balaban J connectivity index is 2.32. The van der Waals surface area contributed by atoms with Crippen LogP contribution in [0.15, 0.2) is 18.2 Å². The molecule has 0 radical (unpaired) electrons. The van der Waals surface area contributed by atoms with Gasteiger partial charge in [0.1, 0.15) is 12.3 Å². The zero-order valence-corrected chi connectivity index (χ0v) is 11.3. The minimum absolute atomic E-state index is 0.0863. The molecule has 19 heavy (non-hydrogen) atoms. The predicted molar refractivity (Wildman–Crippen MR) is 74.0 cm³/mol. The summed E-state index contributed by atoms with van der Waals surface area (Å²) in [5.41, 5.74) is 7.39. The number of hydrogen-bond donors (Lipinski definition) is 2. The average Bonchev–Trinajstić information content (AvgIpc) is 2.64. The highest BCUT2D eigenvalue weighted by molar-refractivity contribution is 5.83. The zero-order chi connectivity index (χ0) is 14.0. The maximum atomic E-state index is 11.8. The number of nitrogens with zero attached hydrogens (tertiary/aromatic N) is 2. The fourth-order valence-electron chi connectivity index (χ4n) is 1.93. The van der Waals surface area contributed by atoms with E-state index in [-0.39, 0.29) is 18.5 Å². The fraction of sp³-hybridized carbons (Fsp3) is 0.385. The van der Waals surface area contributed by atoms with Crippen LogP contribution in [0.2, 0.25) is 0 Å². The third-order valence-corrected chi connectivity index (χ3v) is 2.74. The highest BCUT2D eigenvalue weighted by Gasteiger charge is 2.12. The summed E-state index contributed by atoms with van der Waals surface area (Å²) in [4.78, 5) is 16.0. The number of imidazole rings is 1. The molecule has 0 saturated carbocycles. The molecule has 0 aliphatic rings. The number of nitrogens with one attached hydrogen (secondary N) is 1. The first-order valence-corrected chi connectivity index (χ1v) is 6.10. The molecule has 0 saturated heterocycles. The number of carbonyl (C=O) groups excluding carboxylic acids is 1. The maximum Gasteiger partial charge on any atom is 0.240 e. The largest absolute Gasteiger partial charge is 0.497 e. The van der Waals surface area contributed by atoms with Crippen LogP contribution >= 0.6 is 0 Å². The van der Waals surface area contributed by atoms with Gasteiger partial charge in [-0.2, -0.15) is 0 Å². The number of nitrogens with two attached hydrogens (primary N) is 1. The summed E-state index contributed by atoms with van der Waals surface area (Å²) < 4.78 is 6.82. The lowest BCUT2D eigenvalue weighted by atomic mass is 10.3. The monoisotopic (exact) mass is 262 g/mol. The van der Waals surface area contributed by atoms with E-state index in [4.69, 9.17) is 10.5 Å². The van der Waals surface area contributed by atoms with Gasteiger partial charge in [0.05, 0.1) is 18.1 Å². The first-order valence-electron chi connectivity index (χ1n) is 6.10. The predicted octanol–water partition coefficient (Wildman–Crippen LogP) is 1.15. The average molecular weight is 262 g/mol. The van der Waals surface area contributed by atoms with Crippen molar-refractivity contribution in [3.8, 4) is 5.75 Å². The van der Waals surface area contributed by atoms with E-state index in [0.29, 0.717) is 17.2 Å². The summed E-state index contributed by atoms with van der Waals surface area (Å²) in [5, 5.41) is 2.83. The highest BCUT2D eigenvalue weighted by Crippen LogP contribution is 2.22. The topological polar surface area (TPSA) is 82.2 Å². The lowest BCUT2D eigenvalue weighted by molar-refractivity contribution is -0.122. The molecule has 0 unspecified atom stereocenters. The van der Waals surface area contributed by atoms with E-state index in [9.17, 15) is 4.79 Å².